The molecule has 0 aromatic heterocycles. The molecule has 1 aliphatic heterocycles. The summed E-state index contributed by atoms with van der Waals surface area (Å²) in [5, 5.41) is 2.73. The average molecular weight is 215 g/mol. The fourth-order valence-corrected chi connectivity index (χ4v) is 1.16. The van der Waals surface area contributed by atoms with Crippen LogP contribution in [0, 0.1) is 0 Å². The van der Waals surface area contributed by atoms with Crippen molar-refractivity contribution < 1.29 is 19.1 Å². The van der Waals surface area contributed by atoms with Gasteiger partial charge in [-0.25, -0.2) is 0 Å². The Hall–Kier alpha value is -1.10. The third-order valence-corrected chi connectivity index (χ3v) is 1.79. The van der Waals surface area contributed by atoms with Gasteiger partial charge in [0.25, 0.3) is 0 Å². The zero-order valence-electron chi connectivity index (χ0n) is 9.44. The lowest BCUT2D eigenvalue weighted by atomic mass is 10.3. The van der Waals surface area contributed by atoms with Gasteiger partial charge in [0.15, 0.2) is 0 Å². The van der Waals surface area contributed by atoms with Gasteiger partial charge in [0, 0.05) is 0 Å². The molecule has 0 aromatic carbocycles. The predicted octanol–water partition coefficient (Wildman–Crippen LogP) is 0.230. The highest BCUT2D eigenvalue weighted by Gasteiger charge is 2.50. The van der Waals surface area contributed by atoms with Gasteiger partial charge >= 0.3 is 11.9 Å². The van der Waals surface area contributed by atoms with E-state index in [4.69, 9.17) is 9.47 Å². The molecular weight excluding hydrogens is 198 g/mol. The summed E-state index contributed by atoms with van der Waals surface area (Å²) in [6, 6.07) is -1.06. The van der Waals surface area contributed by atoms with E-state index in [-0.39, 0.29) is 12.2 Å². The highest BCUT2D eigenvalue weighted by atomic mass is 16.6. The van der Waals surface area contributed by atoms with E-state index >= 15 is 0 Å². The summed E-state index contributed by atoms with van der Waals surface area (Å²) >= 11 is 0. The van der Waals surface area contributed by atoms with Crippen LogP contribution in [-0.4, -0.2) is 36.2 Å². The van der Waals surface area contributed by atoms with Crippen LogP contribution in [0.15, 0.2) is 0 Å². The van der Waals surface area contributed by atoms with E-state index in [1.54, 1.807) is 27.7 Å². The van der Waals surface area contributed by atoms with E-state index in [1.807, 2.05) is 0 Å². The molecule has 15 heavy (non-hydrogen) atoms. The Bertz CT molecular complexity index is 236. The molecule has 0 unspecified atom stereocenters. The molecule has 1 fully saturated rings. The van der Waals surface area contributed by atoms with Crippen molar-refractivity contribution in [2.24, 2.45) is 0 Å². The number of carbonyl (C=O) groups is 2. The lowest BCUT2D eigenvalue weighted by molar-refractivity contribution is -0.151. The first-order chi connectivity index (χ1) is 6.91. The number of carbonyl (C=O) groups excluding carboxylic acids is 2. The van der Waals surface area contributed by atoms with E-state index in [0.717, 1.165) is 0 Å². The van der Waals surface area contributed by atoms with Gasteiger partial charge < -0.3 is 9.47 Å². The molecule has 0 aromatic rings. The van der Waals surface area contributed by atoms with Gasteiger partial charge in [-0.05, 0) is 27.7 Å². The number of ether oxygens (including phenoxy) is 2. The Kier molecular flexibility index (Phi) is 3.68. The van der Waals surface area contributed by atoms with Crippen molar-refractivity contribution >= 4 is 11.9 Å². The molecule has 1 aliphatic rings. The van der Waals surface area contributed by atoms with Crippen molar-refractivity contribution in [2.75, 3.05) is 0 Å². The van der Waals surface area contributed by atoms with Crippen LogP contribution in [0.3, 0.4) is 0 Å². The summed E-state index contributed by atoms with van der Waals surface area (Å²) < 4.78 is 9.90. The molecule has 86 valence electrons. The summed E-state index contributed by atoms with van der Waals surface area (Å²) in [7, 11) is 0. The Morgan fingerprint density at radius 2 is 1.27 bits per heavy atom. The molecule has 0 amide bonds. The quantitative estimate of drug-likeness (QED) is 0.536. The van der Waals surface area contributed by atoms with E-state index < -0.39 is 24.0 Å². The molecule has 0 spiro atoms. The van der Waals surface area contributed by atoms with E-state index in [0.29, 0.717) is 0 Å². The maximum atomic E-state index is 11.3. The Balaban J connectivity index is 2.33. The molecular formula is C10H17NO4. The minimum Gasteiger partial charge on any atom is -0.462 e. The smallest absolute Gasteiger partial charge is 0.325 e. The average Bonchev–Trinajstić information content (AvgIpc) is 2.79. The zero-order chi connectivity index (χ0) is 11.6. The maximum Gasteiger partial charge on any atom is 0.325 e. The van der Waals surface area contributed by atoms with Gasteiger partial charge in [0.2, 0.25) is 0 Å². The molecule has 5 heteroatoms. The minimum absolute atomic E-state index is 0.165. The first kappa shape index (κ1) is 12.0. The lowest BCUT2D eigenvalue weighted by Gasteiger charge is -2.07. The van der Waals surface area contributed by atoms with Crippen LogP contribution >= 0.6 is 0 Å². The van der Waals surface area contributed by atoms with Gasteiger partial charge in [-0.15, -0.1) is 0 Å². The second-order valence-electron chi connectivity index (χ2n) is 4.09. The largest absolute Gasteiger partial charge is 0.462 e. The van der Waals surface area contributed by atoms with Crippen LogP contribution in [0.5, 0.6) is 0 Å². The van der Waals surface area contributed by atoms with Crippen LogP contribution in [-0.2, 0) is 19.1 Å². The van der Waals surface area contributed by atoms with Gasteiger partial charge in [0.1, 0.15) is 12.1 Å². The Morgan fingerprint density at radius 1 is 0.933 bits per heavy atom. The number of rotatable bonds is 4. The lowest BCUT2D eigenvalue weighted by Crippen LogP contribution is -2.24. The van der Waals surface area contributed by atoms with Crippen molar-refractivity contribution in [3.8, 4) is 0 Å². The Labute approximate surface area is 89.1 Å². The van der Waals surface area contributed by atoms with Gasteiger partial charge in [-0.1, -0.05) is 0 Å². The molecule has 0 radical (unpaired) electrons. The monoisotopic (exact) mass is 215 g/mol. The second kappa shape index (κ2) is 4.61. The fourth-order valence-electron chi connectivity index (χ4n) is 1.16. The summed E-state index contributed by atoms with van der Waals surface area (Å²) in [5.41, 5.74) is 0. The van der Waals surface area contributed by atoms with Crippen LogP contribution < -0.4 is 5.32 Å². The number of hydrogen-bond donors (Lipinski definition) is 1. The minimum atomic E-state index is -0.529. The van der Waals surface area contributed by atoms with Gasteiger partial charge in [-0.3, -0.25) is 14.9 Å². The summed E-state index contributed by atoms with van der Waals surface area (Å²) in [6.45, 7) is 7.06. The SMILES string of the molecule is CC(C)OC(=O)[C@@H]1N[C@H]1C(=O)OC(C)C. The zero-order valence-corrected chi connectivity index (χ0v) is 9.44. The van der Waals surface area contributed by atoms with Crippen molar-refractivity contribution in [3.05, 3.63) is 0 Å². The molecule has 1 heterocycles. The molecule has 1 saturated heterocycles. The van der Waals surface area contributed by atoms with E-state index in [1.165, 1.54) is 0 Å². The van der Waals surface area contributed by atoms with Gasteiger partial charge in [0.05, 0.1) is 12.2 Å². The first-order valence-corrected chi connectivity index (χ1v) is 5.09. The molecule has 0 bridgehead atoms. The topological polar surface area (TPSA) is 74.5 Å². The number of esters is 2. The third-order valence-electron chi connectivity index (χ3n) is 1.79. The van der Waals surface area contributed by atoms with E-state index in [9.17, 15) is 9.59 Å². The van der Waals surface area contributed by atoms with Crippen LogP contribution in [0.4, 0.5) is 0 Å². The van der Waals surface area contributed by atoms with Crippen molar-refractivity contribution in [1.82, 2.24) is 5.32 Å². The summed E-state index contributed by atoms with van der Waals surface area (Å²) in [5.74, 6) is -0.786. The standard InChI is InChI=1S/C10H17NO4/c1-5(2)14-9(12)7-8(11-7)10(13)15-6(3)4/h5-8,11H,1-4H3/t7-,8-/m1/s1. The molecule has 1 N–H and O–H groups in total. The second-order valence-corrected chi connectivity index (χ2v) is 4.09. The fraction of sp³-hybridized carbons (Fsp3) is 0.800. The predicted molar refractivity (Wildman–Crippen MR) is 53.2 cm³/mol. The maximum absolute atomic E-state index is 11.3. The highest BCUT2D eigenvalue weighted by molar-refractivity contribution is 5.92. The molecule has 1 rings (SSSR count). The van der Waals surface area contributed by atoms with Crippen molar-refractivity contribution in [1.29, 1.82) is 0 Å². The van der Waals surface area contributed by atoms with Crippen LogP contribution in [0.1, 0.15) is 27.7 Å². The van der Waals surface area contributed by atoms with Crippen LogP contribution in [0.25, 0.3) is 0 Å². The Morgan fingerprint density at radius 3 is 1.53 bits per heavy atom. The molecule has 5 nitrogen and oxygen atoms in total. The van der Waals surface area contributed by atoms with Gasteiger partial charge in [-0.2, -0.15) is 0 Å². The van der Waals surface area contributed by atoms with Crippen molar-refractivity contribution in [3.63, 3.8) is 0 Å². The van der Waals surface area contributed by atoms with E-state index in [2.05, 4.69) is 5.32 Å². The molecule has 0 saturated carbocycles. The summed E-state index contributed by atoms with van der Waals surface area (Å²) in [4.78, 5) is 22.6. The number of nitrogens with one attached hydrogen (secondary N) is 1. The molecule has 0 aliphatic carbocycles. The summed E-state index contributed by atoms with van der Waals surface area (Å²) in [6.07, 6.45) is -0.330. The molecule has 2 atom stereocenters. The van der Waals surface area contributed by atoms with Crippen LogP contribution in [0.2, 0.25) is 0 Å². The highest BCUT2D eigenvalue weighted by Crippen LogP contribution is 2.15. The third kappa shape index (κ3) is 3.51. The first-order valence-electron chi connectivity index (χ1n) is 5.09. The normalized spacial score (nSPS) is 24.1. The number of hydrogen-bond acceptors (Lipinski definition) is 5. The van der Waals surface area contributed by atoms with Crippen molar-refractivity contribution in [2.45, 2.75) is 52.0 Å².